The van der Waals surface area contributed by atoms with Gasteiger partial charge >= 0.3 is 6.80 Å². The lowest BCUT2D eigenvalue weighted by molar-refractivity contribution is -0.0751. The minimum atomic E-state index is -4.04. The molecule has 2 N–H and O–H groups in total. The lowest BCUT2D eigenvalue weighted by Gasteiger charge is -2.25. The molecule has 2 fully saturated rings. The Labute approximate surface area is 173 Å². The second kappa shape index (κ2) is 10.6. The van der Waals surface area contributed by atoms with Gasteiger partial charge in [0.15, 0.2) is 0 Å². The van der Waals surface area contributed by atoms with Crippen molar-refractivity contribution in [3.63, 3.8) is 0 Å². The van der Waals surface area contributed by atoms with Crippen LogP contribution in [0, 0.1) is 0 Å². The van der Waals surface area contributed by atoms with Crippen LogP contribution < -0.4 is 0 Å². The van der Waals surface area contributed by atoms with E-state index in [0.29, 0.717) is 6.42 Å². The maximum atomic E-state index is 12.6. The summed E-state index contributed by atoms with van der Waals surface area (Å²) in [5, 5.41) is 9.75. The highest BCUT2D eigenvalue weighted by Crippen LogP contribution is 2.60. The summed E-state index contributed by atoms with van der Waals surface area (Å²) in [6, 6.07) is -1.46. The zero-order chi connectivity index (χ0) is 21.1. The van der Waals surface area contributed by atoms with Gasteiger partial charge in [-0.2, -0.15) is 0 Å². The second-order valence-corrected chi connectivity index (χ2v) is 11.5. The Morgan fingerprint density at radius 1 is 1.14 bits per heavy atom. The molecule has 28 heavy (non-hydrogen) atoms. The molecule has 0 saturated carbocycles. The first-order chi connectivity index (χ1) is 13.0. The molecule has 0 spiro atoms. The van der Waals surface area contributed by atoms with E-state index in [1.54, 1.807) is 0 Å². The van der Waals surface area contributed by atoms with Crippen molar-refractivity contribution < 1.29 is 38.0 Å². The van der Waals surface area contributed by atoms with Crippen LogP contribution in [0.25, 0.3) is 0 Å². The number of aliphatic hydroxyl groups excluding tert-OH is 1. The normalized spacial score (nSPS) is 38.4. The van der Waals surface area contributed by atoms with Gasteiger partial charge in [0.1, 0.15) is 34.0 Å². The molecule has 0 aromatic carbocycles. The van der Waals surface area contributed by atoms with Gasteiger partial charge in [0.25, 0.3) is 0 Å². The number of ether oxygens (including phenoxy) is 4. The largest absolute Gasteiger partial charge is 0.388 e. The molecule has 8 atom stereocenters. The van der Waals surface area contributed by atoms with Crippen LogP contribution in [0.15, 0.2) is 0 Å². The van der Waals surface area contributed by atoms with Crippen LogP contribution in [-0.2, 0) is 28.0 Å². The first-order valence-corrected chi connectivity index (χ1v) is 12.5. The van der Waals surface area contributed by atoms with Gasteiger partial charge in [-0.05, 0) is 45.5 Å². The number of aliphatic hydroxyl groups is 1. The predicted molar refractivity (Wildman–Crippen MR) is 108 cm³/mol. The van der Waals surface area contributed by atoms with Gasteiger partial charge in [0.2, 0.25) is 0 Å². The zero-order valence-electron chi connectivity index (χ0n) is 16.7. The van der Waals surface area contributed by atoms with Gasteiger partial charge in [-0.1, -0.05) is 0 Å². The molecule has 2 aliphatic rings. The summed E-state index contributed by atoms with van der Waals surface area (Å²) in [4.78, 5) is 10.3. The smallest absolute Gasteiger partial charge is 0.387 e. The Kier molecular flexibility index (Phi) is 9.39. The van der Waals surface area contributed by atoms with Crippen LogP contribution in [-0.4, -0.2) is 92.8 Å². The van der Waals surface area contributed by atoms with E-state index in [1.807, 2.05) is 27.7 Å². The van der Waals surface area contributed by atoms with Gasteiger partial charge in [-0.15, -0.1) is 0 Å². The highest BCUT2D eigenvalue weighted by atomic mass is 32.7. The van der Waals surface area contributed by atoms with Crippen LogP contribution in [0.5, 0.6) is 0 Å². The third kappa shape index (κ3) is 7.29. The summed E-state index contributed by atoms with van der Waals surface area (Å²) >= 11 is 0.787. The van der Waals surface area contributed by atoms with Crippen LogP contribution >= 0.6 is 18.2 Å². The van der Waals surface area contributed by atoms with Gasteiger partial charge in [-0.3, -0.25) is 4.52 Å². The van der Waals surface area contributed by atoms with Gasteiger partial charge in [0, 0.05) is 17.3 Å². The van der Waals surface area contributed by atoms with E-state index in [4.69, 9.17) is 39.2 Å². The third-order valence-corrected chi connectivity index (χ3v) is 7.73. The average molecular weight is 434 g/mol. The van der Waals surface area contributed by atoms with Crippen molar-refractivity contribution in [3.05, 3.63) is 0 Å². The Bertz CT molecular complexity index is 543. The fourth-order valence-electron chi connectivity index (χ4n) is 3.05. The van der Waals surface area contributed by atoms with E-state index in [9.17, 15) is 14.6 Å². The number of hydrogen-bond donors (Lipinski definition) is 2. The molecule has 0 aromatic heterocycles. The van der Waals surface area contributed by atoms with Crippen LogP contribution in [0.2, 0.25) is 0 Å². The molecule has 2 saturated heterocycles. The molecule has 2 aliphatic heterocycles. The highest BCUT2D eigenvalue weighted by molar-refractivity contribution is 8.55. The summed E-state index contributed by atoms with van der Waals surface area (Å²) in [6.07, 6.45) is -2.69. The van der Waals surface area contributed by atoms with Gasteiger partial charge in [-0.25, -0.2) is 4.57 Å². The fraction of sp³-hybridized carbons (Fsp3) is 1.00. The monoisotopic (exact) mass is 434 g/mol. The zero-order valence-corrected chi connectivity index (χ0v) is 18.4. The summed E-state index contributed by atoms with van der Waals surface area (Å²) in [6.45, 7) is 3.41. The molecule has 158 valence electrons. The number of rotatable bonds is 10. The van der Waals surface area contributed by atoms with Gasteiger partial charge in [0.05, 0.1) is 31.5 Å². The van der Waals surface area contributed by atoms with Crippen molar-refractivity contribution >= 4 is 33.9 Å². The van der Waals surface area contributed by atoms with E-state index in [2.05, 4.69) is 0 Å². The summed E-state index contributed by atoms with van der Waals surface area (Å²) < 4.78 is 40.0. The van der Waals surface area contributed by atoms with Crippen LogP contribution in [0.4, 0.5) is 0 Å². The van der Waals surface area contributed by atoms with Crippen molar-refractivity contribution in [2.75, 3.05) is 13.2 Å². The lowest BCUT2D eigenvalue weighted by Crippen LogP contribution is -2.38. The molecule has 2 heterocycles. The number of hydrogen-bond acceptors (Lipinski definition) is 8. The van der Waals surface area contributed by atoms with E-state index >= 15 is 0 Å². The minimum absolute atomic E-state index is 0.0105. The SMILES string of the molecule is [B]C1CC(SP(=O)(O)OCC2OC([B])C(O)C2OC(C)C)C(COC(C)C)O1. The quantitative estimate of drug-likeness (QED) is 0.385. The summed E-state index contributed by atoms with van der Waals surface area (Å²) in [7, 11) is 11.5. The molecular weight excluding hydrogens is 405 g/mol. The molecule has 0 aromatic rings. The average Bonchev–Trinajstić information content (AvgIpc) is 3.04. The molecule has 8 unspecified atom stereocenters. The molecule has 12 heteroatoms. The van der Waals surface area contributed by atoms with E-state index in [-0.39, 0.29) is 30.7 Å². The Balaban J connectivity index is 1.90. The van der Waals surface area contributed by atoms with E-state index in [0.717, 1.165) is 11.4 Å². The van der Waals surface area contributed by atoms with Crippen molar-refractivity contribution in [2.45, 2.75) is 88.0 Å². The lowest BCUT2D eigenvalue weighted by atomic mass is 9.93. The van der Waals surface area contributed by atoms with Crippen molar-refractivity contribution in [3.8, 4) is 0 Å². The molecule has 0 amide bonds. The Morgan fingerprint density at radius 2 is 1.82 bits per heavy atom. The van der Waals surface area contributed by atoms with Crippen molar-refractivity contribution in [2.24, 2.45) is 0 Å². The third-order valence-electron chi connectivity index (χ3n) is 4.29. The van der Waals surface area contributed by atoms with Crippen molar-refractivity contribution in [1.29, 1.82) is 0 Å². The van der Waals surface area contributed by atoms with Crippen LogP contribution in [0.3, 0.4) is 0 Å². The van der Waals surface area contributed by atoms with E-state index < -0.39 is 43.2 Å². The second-order valence-electron chi connectivity index (χ2n) is 7.52. The summed E-state index contributed by atoms with van der Waals surface area (Å²) in [5.74, 6) is 0. The molecule has 4 radical (unpaired) electrons. The van der Waals surface area contributed by atoms with Crippen LogP contribution in [0.1, 0.15) is 34.1 Å². The molecular formula is C16H29B2O8PS. The molecule has 0 aliphatic carbocycles. The first kappa shape index (κ1) is 24.7. The van der Waals surface area contributed by atoms with Gasteiger partial charge < -0.3 is 28.9 Å². The fourth-order valence-corrected chi connectivity index (χ4v) is 6.40. The molecule has 2 rings (SSSR count). The topological polar surface area (TPSA) is 104 Å². The molecule has 0 bridgehead atoms. The maximum Gasteiger partial charge on any atom is 0.387 e. The first-order valence-electron chi connectivity index (χ1n) is 9.41. The predicted octanol–water partition coefficient (Wildman–Crippen LogP) is 0.962. The highest BCUT2D eigenvalue weighted by Gasteiger charge is 2.44. The van der Waals surface area contributed by atoms with Crippen molar-refractivity contribution in [1.82, 2.24) is 0 Å². The maximum absolute atomic E-state index is 12.6. The standard InChI is InChI=1S/C16H29B2O8PS/c1-8(2)22-6-10-12(5-13(17)25-10)28-27(20,21)23-7-11-15(24-9(3)4)14(19)16(18)26-11/h8-16,19H,5-7H2,1-4H3,(H,20,21). The summed E-state index contributed by atoms with van der Waals surface area (Å²) in [5.41, 5.74) is 0. The minimum Gasteiger partial charge on any atom is -0.388 e. The Hall–Kier alpha value is 0.430. The molecule has 8 nitrogen and oxygen atoms in total. The van der Waals surface area contributed by atoms with E-state index in [1.165, 1.54) is 0 Å². The Morgan fingerprint density at radius 3 is 2.43 bits per heavy atom.